The van der Waals surface area contributed by atoms with E-state index in [1.165, 1.54) is 58.0 Å². The SMILES string of the molecule is CCCC(CN1CCC2CCCCC21)NC. The van der Waals surface area contributed by atoms with Crippen molar-refractivity contribution < 1.29 is 0 Å². The van der Waals surface area contributed by atoms with Crippen LogP contribution in [0.25, 0.3) is 0 Å². The summed E-state index contributed by atoms with van der Waals surface area (Å²) < 4.78 is 0. The molecule has 0 amide bonds. The lowest BCUT2D eigenvalue weighted by Gasteiger charge is -2.33. The van der Waals surface area contributed by atoms with E-state index in [9.17, 15) is 0 Å². The zero-order chi connectivity index (χ0) is 11.4. The van der Waals surface area contributed by atoms with Crippen molar-refractivity contribution in [3.63, 3.8) is 0 Å². The second-order valence-electron chi connectivity index (χ2n) is 5.67. The summed E-state index contributed by atoms with van der Waals surface area (Å²) >= 11 is 0. The molecule has 0 aromatic heterocycles. The van der Waals surface area contributed by atoms with Gasteiger partial charge in [0.15, 0.2) is 0 Å². The third-order valence-corrected chi connectivity index (χ3v) is 4.63. The molecule has 16 heavy (non-hydrogen) atoms. The van der Waals surface area contributed by atoms with E-state index in [1.54, 1.807) is 0 Å². The van der Waals surface area contributed by atoms with Crippen molar-refractivity contribution in [1.29, 1.82) is 0 Å². The summed E-state index contributed by atoms with van der Waals surface area (Å²) in [4.78, 5) is 2.78. The van der Waals surface area contributed by atoms with Crippen LogP contribution in [0.3, 0.4) is 0 Å². The molecule has 1 saturated carbocycles. The highest BCUT2D eigenvalue weighted by molar-refractivity contribution is 4.91. The highest BCUT2D eigenvalue weighted by Gasteiger charge is 2.35. The highest BCUT2D eigenvalue weighted by Crippen LogP contribution is 2.36. The summed E-state index contributed by atoms with van der Waals surface area (Å²) in [7, 11) is 2.12. The Balaban J connectivity index is 1.84. The van der Waals surface area contributed by atoms with Crippen molar-refractivity contribution >= 4 is 0 Å². The number of nitrogens with one attached hydrogen (secondary N) is 1. The molecular weight excluding hydrogens is 196 g/mol. The quantitative estimate of drug-likeness (QED) is 0.772. The fourth-order valence-corrected chi connectivity index (χ4v) is 3.69. The summed E-state index contributed by atoms with van der Waals surface area (Å²) in [5, 5.41) is 3.48. The van der Waals surface area contributed by atoms with Crippen LogP contribution >= 0.6 is 0 Å². The number of hydrogen-bond acceptors (Lipinski definition) is 2. The normalized spacial score (nSPS) is 32.6. The van der Waals surface area contributed by atoms with Crippen LogP contribution in [0.4, 0.5) is 0 Å². The van der Waals surface area contributed by atoms with E-state index in [-0.39, 0.29) is 0 Å². The molecule has 0 bridgehead atoms. The van der Waals surface area contributed by atoms with Crippen molar-refractivity contribution in [2.24, 2.45) is 5.92 Å². The van der Waals surface area contributed by atoms with E-state index in [2.05, 4.69) is 24.2 Å². The second kappa shape index (κ2) is 6.02. The lowest BCUT2D eigenvalue weighted by Crippen LogP contribution is -2.43. The molecule has 2 fully saturated rings. The molecule has 0 aromatic rings. The molecule has 1 aliphatic carbocycles. The van der Waals surface area contributed by atoms with Gasteiger partial charge in [0.2, 0.25) is 0 Å². The van der Waals surface area contributed by atoms with E-state index < -0.39 is 0 Å². The van der Waals surface area contributed by atoms with Gasteiger partial charge >= 0.3 is 0 Å². The Morgan fingerprint density at radius 3 is 2.81 bits per heavy atom. The van der Waals surface area contributed by atoms with Crippen LogP contribution < -0.4 is 5.32 Å². The molecule has 1 saturated heterocycles. The molecule has 3 unspecified atom stereocenters. The first-order valence-electron chi connectivity index (χ1n) is 7.26. The fourth-order valence-electron chi connectivity index (χ4n) is 3.69. The molecule has 1 heterocycles. The summed E-state index contributed by atoms with van der Waals surface area (Å²) in [5.41, 5.74) is 0. The van der Waals surface area contributed by atoms with E-state index in [1.807, 2.05) is 0 Å². The van der Waals surface area contributed by atoms with Crippen molar-refractivity contribution in [3.05, 3.63) is 0 Å². The summed E-state index contributed by atoms with van der Waals surface area (Å²) in [6, 6.07) is 1.65. The van der Waals surface area contributed by atoms with Gasteiger partial charge in [0.05, 0.1) is 0 Å². The van der Waals surface area contributed by atoms with Crippen LogP contribution in [0.5, 0.6) is 0 Å². The molecule has 94 valence electrons. The first kappa shape index (κ1) is 12.4. The molecule has 2 heteroatoms. The Kier molecular flexibility index (Phi) is 4.66. The van der Waals surface area contributed by atoms with Gasteiger partial charge in [-0.1, -0.05) is 26.2 Å². The molecular formula is C14H28N2. The van der Waals surface area contributed by atoms with Crippen molar-refractivity contribution in [3.8, 4) is 0 Å². The van der Waals surface area contributed by atoms with E-state index in [0.717, 1.165) is 12.0 Å². The smallest absolute Gasteiger partial charge is 0.0192 e. The minimum absolute atomic E-state index is 0.714. The van der Waals surface area contributed by atoms with Gasteiger partial charge in [-0.15, -0.1) is 0 Å². The molecule has 1 N–H and O–H groups in total. The monoisotopic (exact) mass is 224 g/mol. The summed E-state index contributed by atoms with van der Waals surface area (Å²) in [6.07, 6.45) is 10.0. The number of hydrogen-bond donors (Lipinski definition) is 1. The summed E-state index contributed by atoms with van der Waals surface area (Å²) in [5.74, 6) is 1.04. The highest BCUT2D eigenvalue weighted by atomic mass is 15.2. The lowest BCUT2D eigenvalue weighted by molar-refractivity contribution is 0.166. The Hall–Kier alpha value is -0.0800. The standard InChI is InChI=1S/C14H28N2/c1-3-6-13(15-2)11-16-10-9-12-7-4-5-8-14(12)16/h12-15H,3-11H2,1-2H3. The topological polar surface area (TPSA) is 15.3 Å². The summed E-state index contributed by atoms with van der Waals surface area (Å²) in [6.45, 7) is 4.93. The van der Waals surface area contributed by atoms with Gasteiger partial charge in [-0.25, -0.2) is 0 Å². The maximum absolute atomic E-state index is 3.48. The van der Waals surface area contributed by atoms with Gasteiger partial charge < -0.3 is 5.32 Å². The van der Waals surface area contributed by atoms with Crippen LogP contribution in [0.2, 0.25) is 0 Å². The van der Waals surface area contributed by atoms with E-state index >= 15 is 0 Å². The van der Waals surface area contributed by atoms with Crippen molar-refractivity contribution in [2.75, 3.05) is 20.1 Å². The largest absolute Gasteiger partial charge is 0.316 e. The maximum atomic E-state index is 3.48. The second-order valence-corrected chi connectivity index (χ2v) is 5.67. The Labute approximate surface area is 101 Å². The Morgan fingerprint density at radius 1 is 1.25 bits per heavy atom. The van der Waals surface area contributed by atoms with Gasteiger partial charge in [-0.2, -0.15) is 0 Å². The molecule has 3 atom stereocenters. The predicted molar refractivity (Wildman–Crippen MR) is 69.7 cm³/mol. The van der Waals surface area contributed by atoms with Crippen molar-refractivity contribution in [1.82, 2.24) is 10.2 Å². The maximum Gasteiger partial charge on any atom is 0.0192 e. The lowest BCUT2D eigenvalue weighted by atomic mass is 9.85. The van der Waals surface area contributed by atoms with Crippen LogP contribution in [-0.4, -0.2) is 37.1 Å². The molecule has 2 aliphatic rings. The third-order valence-electron chi connectivity index (χ3n) is 4.63. The minimum Gasteiger partial charge on any atom is -0.316 e. The Bertz CT molecular complexity index is 205. The van der Waals surface area contributed by atoms with Gasteiger partial charge in [0.1, 0.15) is 0 Å². The number of rotatable bonds is 5. The fraction of sp³-hybridized carbons (Fsp3) is 1.00. The molecule has 1 aliphatic heterocycles. The van der Waals surface area contributed by atoms with Gasteiger partial charge in [-0.05, 0) is 45.2 Å². The van der Waals surface area contributed by atoms with E-state index in [4.69, 9.17) is 0 Å². The number of likely N-dealkylation sites (tertiary alicyclic amines) is 1. The minimum atomic E-state index is 0.714. The van der Waals surface area contributed by atoms with Gasteiger partial charge in [-0.3, -0.25) is 4.90 Å². The predicted octanol–water partition coefficient (Wildman–Crippen LogP) is 2.64. The van der Waals surface area contributed by atoms with Gasteiger partial charge in [0, 0.05) is 18.6 Å². The first-order valence-corrected chi connectivity index (χ1v) is 7.26. The average molecular weight is 224 g/mol. The van der Waals surface area contributed by atoms with E-state index in [0.29, 0.717) is 6.04 Å². The molecule has 2 nitrogen and oxygen atoms in total. The zero-order valence-electron chi connectivity index (χ0n) is 11.0. The molecule has 2 rings (SSSR count). The molecule has 0 aromatic carbocycles. The van der Waals surface area contributed by atoms with Crippen LogP contribution in [0.1, 0.15) is 51.9 Å². The number of nitrogens with zero attached hydrogens (tertiary/aromatic N) is 1. The zero-order valence-corrected chi connectivity index (χ0v) is 11.0. The molecule has 0 radical (unpaired) electrons. The Morgan fingerprint density at radius 2 is 2.06 bits per heavy atom. The molecule has 0 spiro atoms. The van der Waals surface area contributed by atoms with Crippen LogP contribution in [0, 0.1) is 5.92 Å². The third kappa shape index (κ3) is 2.78. The first-order chi connectivity index (χ1) is 7.85. The average Bonchev–Trinajstić information content (AvgIpc) is 2.72. The number of likely N-dealkylation sites (N-methyl/N-ethyl adjacent to an activating group) is 1. The van der Waals surface area contributed by atoms with Crippen molar-refractivity contribution in [2.45, 2.75) is 64.0 Å². The van der Waals surface area contributed by atoms with Gasteiger partial charge in [0.25, 0.3) is 0 Å². The number of fused-ring (bicyclic) bond motifs is 1. The van der Waals surface area contributed by atoms with Crippen LogP contribution in [0.15, 0.2) is 0 Å². The van der Waals surface area contributed by atoms with Crippen LogP contribution in [-0.2, 0) is 0 Å².